The number of rotatable bonds is 7. The van der Waals surface area contributed by atoms with Gasteiger partial charge in [-0.25, -0.2) is 0 Å². The highest BCUT2D eigenvalue weighted by Crippen LogP contribution is 2.28. The molecule has 2 rings (SSSR count). The van der Waals surface area contributed by atoms with Crippen LogP contribution in [-0.4, -0.2) is 23.5 Å². The smallest absolute Gasteiger partial charge is 0.161 e. The van der Waals surface area contributed by atoms with Gasteiger partial charge in [-0.15, -0.1) is 0 Å². The normalized spacial score (nSPS) is 10.7. The summed E-state index contributed by atoms with van der Waals surface area (Å²) in [5.41, 5.74) is 2.13. The Morgan fingerprint density at radius 3 is 2.71 bits per heavy atom. The van der Waals surface area contributed by atoms with Crippen molar-refractivity contribution in [2.75, 3.05) is 19.0 Å². The van der Waals surface area contributed by atoms with E-state index in [0.29, 0.717) is 19.1 Å². The highest BCUT2D eigenvalue weighted by atomic mass is 16.5. The van der Waals surface area contributed by atoms with E-state index in [1.807, 2.05) is 31.4 Å². The van der Waals surface area contributed by atoms with Crippen LogP contribution >= 0.6 is 0 Å². The van der Waals surface area contributed by atoms with E-state index in [1.54, 1.807) is 18.0 Å². The van der Waals surface area contributed by atoms with E-state index in [0.717, 1.165) is 22.7 Å². The lowest BCUT2D eigenvalue weighted by molar-refractivity contribution is 0.257. The van der Waals surface area contributed by atoms with E-state index in [-0.39, 0.29) is 0 Å². The second kappa shape index (κ2) is 7.02. The topological polar surface area (TPSA) is 48.3 Å². The number of hydrogen-bond acceptors (Lipinski definition) is 4. The maximum atomic E-state index is 5.75. The second-order valence-electron chi connectivity index (χ2n) is 5.45. The first-order chi connectivity index (χ1) is 10.1. The van der Waals surface area contributed by atoms with Gasteiger partial charge in [0.1, 0.15) is 0 Å². The van der Waals surface area contributed by atoms with E-state index >= 15 is 0 Å². The number of ether oxygens (including phenoxy) is 2. The Labute approximate surface area is 125 Å². The summed E-state index contributed by atoms with van der Waals surface area (Å²) in [7, 11) is 3.56. The van der Waals surface area contributed by atoms with Gasteiger partial charge in [0.25, 0.3) is 0 Å². The van der Waals surface area contributed by atoms with Gasteiger partial charge in [-0.1, -0.05) is 19.9 Å². The van der Waals surface area contributed by atoms with Gasteiger partial charge in [0.15, 0.2) is 11.5 Å². The van der Waals surface area contributed by atoms with Gasteiger partial charge in [0.2, 0.25) is 0 Å². The Morgan fingerprint density at radius 1 is 1.29 bits per heavy atom. The SMILES string of the molecule is COc1cc(CNc2cnn(C)c2)ccc1OCC(C)C. The fourth-order valence-electron chi connectivity index (χ4n) is 1.91. The summed E-state index contributed by atoms with van der Waals surface area (Å²) < 4.78 is 12.9. The average molecular weight is 289 g/mol. The summed E-state index contributed by atoms with van der Waals surface area (Å²) in [6.07, 6.45) is 3.74. The lowest BCUT2D eigenvalue weighted by atomic mass is 10.2. The van der Waals surface area contributed by atoms with Crippen LogP contribution in [0.1, 0.15) is 19.4 Å². The fourth-order valence-corrected chi connectivity index (χ4v) is 1.91. The molecular formula is C16H23N3O2. The van der Waals surface area contributed by atoms with Crippen LogP contribution in [0.25, 0.3) is 0 Å². The molecular weight excluding hydrogens is 266 g/mol. The van der Waals surface area contributed by atoms with Crippen LogP contribution in [0.5, 0.6) is 11.5 Å². The molecule has 1 aromatic heterocycles. The number of benzene rings is 1. The highest BCUT2D eigenvalue weighted by molar-refractivity contribution is 5.45. The summed E-state index contributed by atoms with van der Waals surface area (Å²) >= 11 is 0. The van der Waals surface area contributed by atoms with E-state index in [2.05, 4.69) is 24.3 Å². The van der Waals surface area contributed by atoms with Crippen molar-refractivity contribution in [2.45, 2.75) is 20.4 Å². The number of anilines is 1. The predicted molar refractivity (Wildman–Crippen MR) is 83.9 cm³/mol. The van der Waals surface area contributed by atoms with Crippen LogP contribution in [0.2, 0.25) is 0 Å². The van der Waals surface area contributed by atoms with E-state index in [9.17, 15) is 0 Å². The fraction of sp³-hybridized carbons (Fsp3) is 0.438. The molecule has 1 N–H and O–H groups in total. The van der Waals surface area contributed by atoms with Gasteiger partial charge in [-0.2, -0.15) is 5.10 Å². The first kappa shape index (κ1) is 15.2. The predicted octanol–water partition coefficient (Wildman–Crippen LogP) is 3.08. The molecule has 0 spiro atoms. The van der Waals surface area contributed by atoms with Crippen molar-refractivity contribution in [3.8, 4) is 11.5 Å². The molecule has 0 amide bonds. The third-order valence-electron chi connectivity index (χ3n) is 3.00. The lowest BCUT2D eigenvalue weighted by Gasteiger charge is -2.14. The summed E-state index contributed by atoms with van der Waals surface area (Å²) in [6, 6.07) is 6.00. The quantitative estimate of drug-likeness (QED) is 0.851. The first-order valence-corrected chi connectivity index (χ1v) is 7.10. The standard InChI is InChI=1S/C16H23N3O2/c1-12(2)11-21-15-6-5-13(7-16(15)20-4)8-17-14-9-18-19(3)10-14/h5-7,9-10,12,17H,8,11H2,1-4H3. The molecule has 0 atom stereocenters. The average Bonchev–Trinajstić information content (AvgIpc) is 2.88. The molecule has 0 fully saturated rings. The van der Waals surface area contributed by atoms with Crippen LogP contribution in [0.3, 0.4) is 0 Å². The molecule has 1 heterocycles. The maximum absolute atomic E-state index is 5.75. The summed E-state index contributed by atoms with van der Waals surface area (Å²) in [6.45, 7) is 5.65. The minimum atomic E-state index is 0.488. The molecule has 0 bridgehead atoms. The van der Waals surface area contributed by atoms with E-state index in [1.165, 1.54) is 0 Å². The molecule has 0 aliphatic heterocycles. The molecule has 2 aromatic rings. The van der Waals surface area contributed by atoms with Crippen LogP contribution in [-0.2, 0) is 13.6 Å². The molecule has 0 aliphatic carbocycles. The molecule has 5 heteroatoms. The largest absolute Gasteiger partial charge is 0.493 e. The van der Waals surface area contributed by atoms with Crippen molar-refractivity contribution in [1.29, 1.82) is 0 Å². The zero-order valence-corrected chi connectivity index (χ0v) is 13.1. The maximum Gasteiger partial charge on any atom is 0.161 e. The van der Waals surface area contributed by atoms with Crippen molar-refractivity contribution < 1.29 is 9.47 Å². The molecule has 1 aromatic carbocycles. The summed E-state index contributed by atoms with van der Waals surface area (Å²) in [5, 5.41) is 7.45. The molecule has 0 radical (unpaired) electrons. The van der Waals surface area contributed by atoms with Crippen LogP contribution in [0.4, 0.5) is 5.69 Å². The van der Waals surface area contributed by atoms with Gasteiger partial charge in [-0.3, -0.25) is 4.68 Å². The van der Waals surface area contributed by atoms with Crippen molar-refractivity contribution >= 4 is 5.69 Å². The lowest BCUT2D eigenvalue weighted by Crippen LogP contribution is -2.06. The van der Waals surface area contributed by atoms with Gasteiger partial charge < -0.3 is 14.8 Å². The van der Waals surface area contributed by atoms with Crippen molar-refractivity contribution in [3.05, 3.63) is 36.2 Å². The van der Waals surface area contributed by atoms with Crippen LogP contribution in [0, 0.1) is 5.92 Å². The van der Waals surface area contributed by atoms with E-state index < -0.39 is 0 Å². The third kappa shape index (κ3) is 4.41. The van der Waals surface area contributed by atoms with Crippen molar-refractivity contribution in [1.82, 2.24) is 9.78 Å². The van der Waals surface area contributed by atoms with Gasteiger partial charge in [0, 0.05) is 19.8 Å². The van der Waals surface area contributed by atoms with E-state index in [4.69, 9.17) is 9.47 Å². The molecule has 21 heavy (non-hydrogen) atoms. The molecule has 0 unspecified atom stereocenters. The zero-order chi connectivity index (χ0) is 15.2. The minimum Gasteiger partial charge on any atom is -0.493 e. The first-order valence-electron chi connectivity index (χ1n) is 7.10. The Bertz CT molecular complexity index is 579. The number of aryl methyl sites for hydroxylation is 1. The minimum absolute atomic E-state index is 0.488. The van der Waals surface area contributed by atoms with Gasteiger partial charge in [-0.05, 0) is 23.6 Å². The summed E-state index contributed by atoms with van der Waals surface area (Å²) in [4.78, 5) is 0. The molecule has 0 aliphatic rings. The number of methoxy groups -OCH3 is 1. The van der Waals surface area contributed by atoms with Crippen LogP contribution in [0.15, 0.2) is 30.6 Å². The van der Waals surface area contributed by atoms with Crippen LogP contribution < -0.4 is 14.8 Å². The Hall–Kier alpha value is -2.17. The number of aromatic nitrogens is 2. The zero-order valence-electron chi connectivity index (χ0n) is 13.1. The number of nitrogens with one attached hydrogen (secondary N) is 1. The van der Waals surface area contributed by atoms with Crippen molar-refractivity contribution in [2.24, 2.45) is 13.0 Å². The van der Waals surface area contributed by atoms with Gasteiger partial charge >= 0.3 is 0 Å². The Balaban J connectivity index is 2.00. The number of hydrogen-bond donors (Lipinski definition) is 1. The molecule has 5 nitrogen and oxygen atoms in total. The van der Waals surface area contributed by atoms with Gasteiger partial charge in [0.05, 0.1) is 25.6 Å². The number of nitrogens with zero attached hydrogens (tertiary/aromatic N) is 2. The molecule has 0 saturated carbocycles. The third-order valence-corrected chi connectivity index (χ3v) is 3.00. The molecule has 114 valence electrons. The monoisotopic (exact) mass is 289 g/mol. The second-order valence-corrected chi connectivity index (χ2v) is 5.45. The van der Waals surface area contributed by atoms with Crippen molar-refractivity contribution in [3.63, 3.8) is 0 Å². The Morgan fingerprint density at radius 2 is 2.10 bits per heavy atom. The summed E-state index contributed by atoms with van der Waals surface area (Å²) in [5.74, 6) is 2.04. The highest BCUT2D eigenvalue weighted by Gasteiger charge is 2.07. The Kier molecular flexibility index (Phi) is 5.09. The molecule has 0 saturated heterocycles.